The van der Waals surface area contributed by atoms with Gasteiger partial charge in [-0.1, -0.05) is 30.3 Å². The Morgan fingerprint density at radius 3 is 2.66 bits per heavy atom. The molecule has 0 bridgehead atoms. The lowest BCUT2D eigenvalue weighted by Crippen LogP contribution is -2.41. The van der Waals surface area contributed by atoms with Gasteiger partial charge in [-0.2, -0.15) is 0 Å². The number of oxazole rings is 1. The molecule has 35 heavy (non-hydrogen) atoms. The Morgan fingerprint density at radius 1 is 1.06 bits per heavy atom. The highest BCUT2D eigenvalue weighted by atomic mass is 16.5. The first-order chi connectivity index (χ1) is 17.2. The third kappa shape index (κ3) is 7.14. The molecule has 1 saturated heterocycles. The van der Waals surface area contributed by atoms with E-state index in [1.54, 1.807) is 0 Å². The molecule has 1 saturated carbocycles. The molecular formula is C27H32N4O4. The number of nitrogens with zero attached hydrogens (tertiary/aromatic N) is 3. The molecule has 1 aliphatic heterocycles. The van der Waals surface area contributed by atoms with E-state index in [4.69, 9.17) is 13.9 Å². The van der Waals surface area contributed by atoms with Crippen LogP contribution >= 0.6 is 0 Å². The number of morpholine rings is 1. The van der Waals surface area contributed by atoms with Gasteiger partial charge in [0.2, 0.25) is 5.89 Å². The van der Waals surface area contributed by atoms with Gasteiger partial charge >= 0.3 is 0 Å². The summed E-state index contributed by atoms with van der Waals surface area (Å²) < 4.78 is 17.2. The fourth-order valence-corrected chi connectivity index (χ4v) is 4.08. The highest BCUT2D eigenvalue weighted by Crippen LogP contribution is 2.23. The minimum atomic E-state index is -0.159. The van der Waals surface area contributed by atoms with Crippen LogP contribution in [0.15, 0.2) is 65.3 Å². The lowest BCUT2D eigenvalue weighted by molar-refractivity contribution is 0.0320. The van der Waals surface area contributed by atoms with Crippen LogP contribution in [0.1, 0.15) is 34.8 Å². The van der Waals surface area contributed by atoms with Gasteiger partial charge in [-0.3, -0.25) is 14.6 Å². The van der Waals surface area contributed by atoms with E-state index in [2.05, 4.69) is 32.2 Å². The van der Waals surface area contributed by atoms with Gasteiger partial charge in [0.05, 0.1) is 19.8 Å². The van der Waals surface area contributed by atoms with Crippen LogP contribution < -0.4 is 10.1 Å². The van der Waals surface area contributed by atoms with Crippen LogP contribution in [-0.2, 0) is 17.8 Å². The summed E-state index contributed by atoms with van der Waals surface area (Å²) in [7, 11) is 0. The predicted octanol–water partition coefficient (Wildman–Crippen LogP) is 3.69. The number of aromatic nitrogens is 1. The quantitative estimate of drug-likeness (QED) is 0.452. The molecule has 1 N–H and O–H groups in total. The number of amides is 1. The van der Waals surface area contributed by atoms with E-state index in [-0.39, 0.29) is 11.9 Å². The summed E-state index contributed by atoms with van der Waals surface area (Å²) >= 11 is 0. The zero-order chi connectivity index (χ0) is 23.9. The summed E-state index contributed by atoms with van der Waals surface area (Å²) in [6.45, 7) is 6.44. The first-order valence-electron chi connectivity index (χ1n) is 12.3. The van der Waals surface area contributed by atoms with Crippen LogP contribution in [0.4, 0.5) is 0 Å². The van der Waals surface area contributed by atoms with E-state index in [0.717, 1.165) is 69.3 Å². The standard InChI is InChI=1S/C27H32N4O4/c32-27(28-22-9-10-22)25-20-34-26(29-25)19-31(12-11-30-13-15-33-16-14-30)18-21-5-4-8-24(17-21)35-23-6-2-1-3-7-23/h1-8,17,20,22H,9-16,18-19H2,(H,28,32). The number of nitrogens with one attached hydrogen (secondary N) is 1. The summed E-state index contributed by atoms with van der Waals surface area (Å²) in [6.07, 6.45) is 3.54. The van der Waals surface area contributed by atoms with Gasteiger partial charge in [-0.05, 0) is 42.7 Å². The summed E-state index contributed by atoms with van der Waals surface area (Å²) in [5.41, 5.74) is 1.48. The largest absolute Gasteiger partial charge is 0.457 e. The van der Waals surface area contributed by atoms with Crippen LogP contribution in [-0.4, -0.2) is 66.1 Å². The Bertz CT molecular complexity index is 1090. The number of carbonyl (C=O) groups is 1. The zero-order valence-electron chi connectivity index (χ0n) is 19.9. The lowest BCUT2D eigenvalue weighted by Gasteiger charge is -2.29. The molecule has 1 aliphatic carbocycles. The van der Waals surface area contributed by atoms with Crippen molar-refractivity contribution in [1.29, 1.82) is 0 Å². The van der Waals surface area contributed by atoms with Crippen molar-refractivity contribution in [2.75, 3.05) is 39.4 Å². The first-order valence-corrected chi connectivity index (χ1v) is 12.3. The van der Waals surface area contributed by atoms with Crippen molar-refractivity contribution < 1.29 is 18.7 Å². The third-order valence-electron chi connectivity index (χ3n) is 6.18. The van der Waals surface area contributed by atoms with Gasteiger partial charge in [-0.25, -0.2) is 4.98 Å². The second-order valence-electron chi connectivity index (χ2n) is 9.10. The Morgan fingerprint density at radius 2 is 1.86 bits per heavy atom. The topological polar surface area (TPSA) is 80.1 Å². The lowest BCUT2D eigenvalue weighted by atomic mass is 10.2. The molecule has 8 nitrogen and oxygen atoms in total. The summed E-state index contributed by atoms with van der Waals surface area (Å²) in [6, 6.07) is 18.2. The average molecular weight is 477 g/mol. The number of hydrogen-bond donors (Lipinski definition) is 1. The Balaban J connectivity index is 1.25. The van der Waals surface area contributed by atoms with Crippen molar-refractivity contribution in [3.8, 4) is 11.5 Å². The Labute approximate surface area is 205 Å². The molecule has 1 aromatic heterocycles. The van der Waals surface area contributed by atoms with Crippen molar-refractivity contribution in [2.24, 2.45) is 0 Å². The van der Waals surface area contributed by atoms with Crippen molar-refractivity contribution >= 4 is 5.91 Å². The van der Waals surface area contributed by atoms with Gasteiger partial charge in [0.1, 0.15) is 17.8 Å². The van der Waals surface area contributed by atoms with E-state index in [1.165, 1.54) is 6.26 Å². The van der Waals surface area contributed by atoms with Crippen molar-refractivity contribution in [2.45, 2.75) is 32.0 Å². The van der Waals surface area contributed by atoms with E-state index in [1.807, 2.05) is 42.5 Å². The maximum absolute atomic E-state index is 12.3. The zero-order valence-corrected chi connectivity index (χ0v) is 19.9. The van der Waals surface area contributed by atoms with E-state index in [0.29, 0.717) is 24.7 Å². The monoisotopic (exact) mass is 476 g/mol. The number of ether oxygens (including phenoxy) is 2. The second-order valence-corrected chi connectivity index (χ2v) is 9.10. The van der Waals surface area contributed by atoms with Gasteiger partial charge < -0.3 is 19.2 Å². The highest BCUT2D eigenvalue weighted by molar-refractivity contribution is 5.92. The third-order valence-corrected chi connectivity index (χ3v) is 6.18. The number of hydrogen-bond acceptors (Lipinski definition) is 7. The predicted molar refractivity (Wildman–Crippen MR) is 131 cm³/mol. The summed E-state index contributed by atoms with van der Waals surface area (Å²) in [5.74, 6) is 2.00. The SMILES string of the molecule is O=C(NC1CC1)c1coc(CN(CCN2CCOCC2)Cc2cccc(Oc3ccccc3)c2)n1. The van der Waals surface area contributed by atoms with Gasteiger partial charge in [0.15, 0.2) is 5.69 Å². The van der Waals surface area contributed by atoms with Crippen molar-refractivity contribution in [3.63, 3.8) is 0 Å². The molecule has 8 heteroatoms. The van der Waals surface area contributed by atoms with Crippen molar-refractivity contribution in [1.82, 2.24) is 20.1 Å². The molecule has 2 fully saturated rings. The van der Waals surface area contributed by atoms with E-state index in [9.17, 15) is 4.79 Å². The molecule has 1 amide bonds. The fourth-order valence-electron chi connectivity index (χ4n) is 4.08. The number of para-hydroxylation sites is 1. The average Bonchev–Trinajstić information content (AvgIpc) is 3.58. The highest BCUT2D eigenvalue weighted by Gasteiger charge is 2.25. The molecule has 5 rings (SSSR count). The maximum Gasteiger partial charge on any atom is 0.273 e. The Kier molecular flexibility index (Phi) is 7.72. The molecule has 2 aromatic carbocycles. The molecule has 2 aliphatic rings. The number of rotatable bonds is 11. The summed E-state index contributed by atoms with van der Waals surface area (Å²) in [4.78, 5) is 21.5. The minimum absolute atomic E-state index is 0.159. The van der Waals surface area contributed by atoms with Gasteiger partial charge in [0.25, 0.3) is 5.91 Å². The Hall–Kier alpha value is -3.20. The first kappa shape index (κ1) is 23.5. The van der Waals surface area contributed by atoms with Gasteiger partial charge in [-0.15, -0.1) is 0 Å². The number of carbonyl (C=O) groups excluding carboxylic acids is 1. The molecule has 184 valence electrons. The van der Waals surface area contributed by atoms with Crippen LogP contribution in [0.2, 0.25) is 0 Å². The summed E-state index contributed by atoms with van der Waals surface area (Å²) in [5, 5.41) is 2.96. The fraction of sp³-hybridized carbons (Fsp3) is 0.407. The van der Waals surface area contributed by atoms with Crippen LogP contribution in [0.25, 0.3) is 0 Å². The molecule has 0 spiro atoms. The van der Waals surface area contributed by atoms with Crippen LogP contribution in [0, 0.1) is 0 Å². The minimum Gasteiger partial charge on any atom is -0.457 e. The molecule has 0 atom stereocenters. The van der Waals surface area contributed by atoms with Crippen molar-refractivity contribution in [3.05, 3.63) is 78.0 Å². The normalized spacial score (nSPS) is 16.4. The molecule has 0 unspecified atom stereocenters. The van der Waals surface area contributed by atoms with Crippen LogP contribution in [0.3, 0.4) is 0 Å². The van der Waals surface area contributed by atoms with E-state index >= 15 is 0 Å². The van der Waals surface area contributed by atoms with Crippen LogP contribution in [0.5, 0.6) is 11.5 Å². The molecule has 0 radical (unpaired) electrons. The second kappa shape index (κ2) is 11.5. The van der Waals surface area contributed by atoms with E-state index < -0.39 is 0 Å². The number of benzene rings is 2. The molecule has 3 aromatic rings. The smallest absolute Gasteiger partial charge is 0.273 e. The maximum atomic E-state index is 12.3. The molecular weight excluding hydrogens is 444 g/mol. The van der Waals surface area contributed by atoms with Gasteiger partial charge in [0, 0.05) is 38.8 Å². The molecule has 2 heterocycles.